The minimum absolute atomic E-state index is 0.120. The summed E-state index contributed by atoms with van der Waals surface area (Å²) in [5.74, 6) is -0.120. The first-order chi connectivity index (χ1) is 10.2. The molecule has 5 heteroatoms. The van der Waals surface area contributed by atoms with Crippen molar-refractivity contribution in [3.05, 3.63) is 57.9 Å². The van der Waals surface area contributed by atoms with Crippen LogP contribution < -0.4 is 5.43 Å². The predicted molar refractivity (Wildman–Crippen MR) is 86.8 cm³/mol. The smallest absolute Gasteiger partial charge is 0.244 e. The summed E-state index contributed by atoms with van der Waals surface area (Å²) < 4.78 is 0. The molecular weight excluding hydrogens is 282 g/mol. The molecule has 3 aromatic rings. The highest BCUT2D eigenvalue weighted by Gasteiger charge is 2.07. The van der Waals surface area contributed by atoms with E-state index in [4.69, 9.17) is 0 Å². The first-order valence-electron chi connectivity index (χ1n) is 6.65. The maximum absolute atomic E-state index is 11.9. The molecule has 3 rings (SSSR count). The molecule has 0 aliphatic rings. The lowest BCUT2D eigenvalue weighted by Gasteiger charge is -1.99. The molecule has 0 fully saturated rings. The summed E-state index contributed by atoms with van der Waals surface area (Å²) in [5, 5.41) is 7.09. The van der Waals surface area contributed by atoms with Crippen molar-refractivity contribution in [3.63, 3.8) is 0 Å². The SMILES string of the molecule is Cc1ccsc1/C=N/NC(=O)Cc1c[nH]c2ccccc12. The third-order valence-electron chi connectivity index (χ3n) is 3.30. The minimum atomic E-state index is -0.120. The molecule has 2 N–H and O–H groups in total. The Kier molecular flexibility index (Phi) is 3.83. The van der Waals surface area contributed by atoms with Gasteiger partial charge in [-0.2, -0.15) is 5.10 Å². The fourth-order valence-corrected chi connectivity index (χ4v) is 2.96. The number of H-pyrrole nitrogens is 1. The highest BCUT2D eigenvalue weighted by atomic mass is 32.1. The molecule has 1 aromatic carbocycles. The van der Waals surface area contributed by atoms with Crippen LogP contribution in [0.25, 0.3) is 10.9 Å². The average Bonchev–Trinajstić information content (AvgIpc) is 3.07. The second-order valence-corrected chi connectivity index (χ2v) is 5.75. The van der Waals surface area contributed by atoms with Crippen LogP contribution in [0.15, 0.2) is 47.0 Å². The van der Waals surface area contributed by atoms with Crippen molar-refractivity contribution in [2.45, 2.75) is 13.3 Å². The van der Waals surface area contributed by atoms with Crippen molar-refractivity contribution in [1.82, 2.24) is 10.4 Å². The van der Waals surface area contributed by atoms with E-state index in [0.717, 1.165) is 26.9 Å². The molecule has 21 heavy (non-hydrogen) atoms. The van der Waals surface area contributed by atoms with Gasteiger partial charge in [-0.15, -0.1) is 11.3 Å². The van der Waals surface area contributed by atoms with Crippen molar-refractivity contribution < 1.29 is 4.79 Å². The largest absolute Gasteiger partial charge is 0.361 e. The van der Waals surface area contributed by atoms with Crippen LogP contribution in [0.1, 0.15) is 16.0 Å². The summed E-state index contributed by atoms with van der Waals surface area (Å²) in [6, 6.07) is 9.96. The Balaban J connectivity index is 1.64. The highest BCUT2D eigenvalue weighted by molar-refractivity contribution is 7.11. The molecular formula is C16H15N3OS. The zero-order valence-corrected chi connectivity index (χ0v) is 12.4. The van der Waals surface area contributed by atoms with Crippen molar-refractivity contribution in [2.24, 2.45) is 5.10 Å². The number of benzene rings is 1. The van der Waals surface area contributed by atoms with E-state index < -0.39 is 0 Å². The fourth-order valence-electron chi connectivity index (χ4n) is 2.17. The van der Waals surface area contributed by atoms with Crippen LogP contribution in [0, 0.1) is 6.92 Å². The summed E-state index contributed by atoms with van der Waals surface area (Å²) in [7, 11) is 0. The zero-order chi connectivity index (χ0) is 14.7. The number of hydrogen-bond donors (Lipinski definition) is 2. The Morgan fingerprint density at radius 2 is 2.24 bits per heavy atom. The second-order valence-electron chi connectivity index (χ2n) is 4.80. The summed E-state index contributed by atoms with van der Waals surface area (Å²) in [4.78, 5) is 16.2. The van der Waals surface area contributed by atoms with Gasteiger partial charge in [-0.3, -0.25) is 4.79 Å². The predicted octanol–water partition coefficient (Wildman–Crippen LogP) is 3.23. The van der Waals surface area contributed by atoms with E-state index in [1.807, 2.05) is 48.8 Å². The molecule has 0 aliphatic carbocycles. The number of aromatic nitrogens is 1. The van der Waals surface area contributed by atoms with E-state index >= 15 is 0 Å². The number of hydrazone groups is 1. The van der Waals surface area contributed by atoms with Gasteiger partial charge in [0.15, 0.2) is 0 Å². The van der Waals surface area contributed by atoms with Crippen molar-refractivity contribution in [1.29, 1.82) is 0 Å². The van der Waals surface area contributed by atoms with Gasteiger partial charge < -0.3 is 4.98 Å². The number of nitrogens with zero attached hydrogens (tertiary/aromatic N) is 1. The first-order valence-corrected chi connectivity index (χ1v) is 7.53. The molecule has 1 amide bonds. The summed E-state index contributed by atoms with van der Waals surface area (Å²) in [5.41, 5.74) is 5.75. The fraction of sp³-hybridized carbons (Fsp3) is 0.125. The van der Waals surface area contributed by atoms with Gasteiger partial charge in [-0.25, -0.2) is 5.43 Å². The molecule has 4 nitrogen and oxygen atoms in total. The lowest BCUT2D eigenvalue weighted by molar-refractivity contribution is -0.120. The first kappa shape index (κ1) is 13.6. The molecule has 0 atom stereocenters. The van der Waals surface area contributed by atoms with E-state index in [9.17, 15) is 4.79 Å². The average molecular weight is 297 g/mol. The van der Waals surface area contributed by atoms with Crippen molar-refractivity contribution in [2.75, 3.05) is 0 Å². The number of rotatable bonds is 4. The molecule has 106 valence electrons. The van der Waals surface area contributed by atoms with Crippen LogP contribution in [0.2, 0.25) is 0 Å². The Morgan fingerprint density at radius 1 is 1.38 bits per heavy atom. The molecule has 0 unspecified atom stereocenters. The topological polar surface area (TPSA) is 57.2 Å². The molecule has 0 bridgehead atoms. The molecule has 0 radical (unpaired) electrons. The van der Waals surface area contributed by atoms with Crippen LogP contribution in [-0.4, -0.2) is 17.1 Å². The molecule has 2 heterocycles. The van der Waals surface area contributed by atoms with E-state index in [1.54, 1.807) is 17.6 Å². The molecule has 0 spiro atoms. The maximum Gasteiger partial charge on any atom is 0.244 e. The molecule has 2 aromatic heterocycles. The number of fused-ring (bicyclic) bond motifs is 1. The van der Waals surface area contributed by atoms with Crippen LogP contribution in [0.3, 0.4) is 0 Å². The van der Waals surface area contributed by atoms with Gasteiger partial charge in [-0.1, -0.05) is 18.2 Å². The van der Waals surface area contributed by atoms with Crippen LogP contribution >= 0.6 is 11.3 Å². The number of carbonyl (C=O) groups excluding carboxylic acids is 1. The number of para-hydroxylation sites is 1. The minimum Gasteiger partial charge on any atom is -0.361 e. The van der Waals surface area contributed by atoms with Gasteiger partial charge in [0.2, 0.25) is 5.91 Å². The Morgan fingerprint density at radius 3 is 3.05 bits per heavy atom. The lowest BCUT2D eigenvalue weighted by Crippen LogP contribution is -2.19. The van der Waals surface area contributed by atoms with Crippen molar-refractivity contribution >= 4 is 34.4 Å². The third-order valence-corrected chi connectivity index (χ3v) is 4.25. The number of aromatic amines is 1. The summed E-state index contributed by atoms with van der Waals surface area (Å²) >= 11 is 1.60. The maximum atomic E-state index is 11.9. The number of hydrogen-bond acceptors (Lipinski definition) is 3. The van der Waals surface area contributed by atoms with Gasteiger partial charge in [-0.05, 0) is 35.6 Å². The van der Waals surface area contributed by atoms with Gasteiger partial charge in [0.1, 0.15) is 0 Å². The van der Waals surface area contributed by atoms with Gasteiger partial charge in [0, 0.05) is 22.0 Å². The summed E-state index contributed by atoms with van der Waals surface area (Å²) in [6.45, 7) is 2.02. The normalized spacial score (nSPS) is 11.3. The van der Waals surface area contributed by atoms with E-state index in [2.05, 4.69) is 15.5 Å². The van der Waals surface area contributed by atoms with Crippen LogP contribution in [0.5, 0.6) is 0 Å². The number of nitrogens with one attached hydrogen (secondary N) is 2. The Bertz CT molecular complexity index is 801. The van der Waals surface area contributed by atoms with E-state index in [0.29, 0.717) is 6.42 Å². The molecule has 0 saturated heterocycles. The van der Waals surface area contributed by atoms with Gasteiger partial charge in [0.25, 0.3) is 0 Å². The Hall–Kier alpha value is -2.40. The van der Waals surface area contributed by atoms with E-state index in [1.165, 1.54) is 0 Å². The summed E-state index contributed by atoms with van der Waals surface area (Å²) in [6.07, 6.45) is 3.87. The standard InChI is InChI=1S/C16H15N3OS/c1-11-6-7-21-15(11)10-18-19-16(20)8-12-9-17-14-5-3-2-4-13(12)14/h2-7,9-10,17H,8H2,1H3,(H,19,20)/b18-10+. The number of aryl methyl sites for hydroxylation is 1. The highest BCUT2D eigenvalue weighted by Crippen LogP contribution is 2.18. The van der Waals surface area contributed by atoms with Crippen molar-refractivity contribution in [3.8, 4) is 0 Å². The lowest BCUT2D eigenvalue weighted by atomic mass is 10.1. The quantitative estimate of drug-likeness (QED) is 0.564. The zero-order valence-electron chi connectivity index (χ0n) is 11.6. The van der Waals surface area contributed by atoms with Crippen LogP contribution in [-0.2, 0) is 11.2 Å². The second kappa shape index (κ2) is 5.93. The number of amides is 1. The van der Waals surface area contributed by atoms with E-state index in [-0.39, 0.29) is 5.91 Å². The molecule has 0 saturated carbocycles. The van der Waals surface area contributed by atoms with Crippen LogP contribution in [0.4, 0.5) is 0 Å². The monoisotopic (exact) mass is 297 g/mol. The number of thiophene rings is 1. The number of carbonyl (C=O) groups is 1. The van der Waals surface area contributed by atoms with Gasteiger partial charge in [0.05, 0.1) is 12.6 Å². The van der Waals surface area contributed by atoms with Gasteiger partial charge >= 0.3 is 0 Å². The molecule has 0 aliphatic heterocycles. The third kappa shape index (κ3) is 3.03. The Labute approximate surface area is 126 Å².